The number of nitrogens with one attached hydrogen (secondary N) is 2. The van der Waals surface area contributed by atoms with E-state index in [1.165, 1.54) is 11.1 Å². The number of rotatable bonds is 5. The molecule has 0 spiro atoms. The SMILES string of the molecule is CN=C(NCc1ccn(C)c1)NCc1ccc(C)cc1OC.I. The molecule has 1 aromatic heterocycles. The van der Waals surface area contributed by atoms with Crippen LogP contribution in [0.3, 0.4) is 0 Å². The fourth-order valence-electron chi connectivity index (χ4n) is 2.25. The first kappa shape index (κ1) is 19.3. The molecule has 2 aromatic rings. The number of hydrogen-bond acceptors (Lipinski definition) is 2. The van der Waals surface area contributed by atoms with E-state index in [1.54, 1.807) is 14.2 Å². The molecule has 0 bridgehead atoms. The van der Waals surface area contributed by atoms with Gasteiger partial charge in [-0.15, -0.1) is 24.0 Å². The number of benzene rings is 1. The van der Waals surface area contributed by atoms with Gasteiger partial charge < -0.3 is 19.9 Å². The van der Waals surface area contributed by atoms with Crippen LogP contribution in [0.2, 0.25) is 0 Å². The summed E-state index contributed by atoms with van der Waals surface area (Å²) in [4.78, 5) is 4.24. The molecule has 1 aromatic carbocycles. The van der Waals surface area contributed by atoms with Crippen molar-refractivity contribution >= 4 is 29.9 Å². The molecule has 0 unspecified atom stereocenters. The number of nitrogens with zero attached hydrogens (tertiary/aromatic N) is 2. The molecule has 23 heavy (non-hydrogen) atoms. The summed E-state index contributed by atoms with van der Waals surface area (Å²) in [7, 11) is 5.48. The van der Waals surface area contributed by atoms with Crippen molar-refractivity contribution in [3.05, 3.63) is 53.3 Å². The van der Waals surface area contributed by atoms with Crippen LogP contribution >= 0.6 is 24.0 Å². The summed E-state index contributed by atoms with van der Waals surface area (Å²) in [5.74, 6) is 1.66. The highest BCUT2D eigenvalue weighted by Gasteiger charge is 2.05. The maximum absolute atomic E-state index is 5.42. The molecule has 0 aliphatic carbocycles. The predicted molar refractivity (Wildman–Crippen MR) is 106 cm³/mol. The van der Waals surface area contributed by atoms with E-state index >= 15 is 0 Å². The molecule has 0 saturated heterocycles. The molecule has 2 N–H and O–H groups in total. The third kappa shape index (κ3) is 5.78. The third-order valence-corrected chi connectivity index (χ3v) is 3.47. The monoisotopic (exact) mass is 428 g/mol. The maximum Gasteiger partial charge on any atom is 0.191 e. The van der Waals surface area contributed by atoms with Gasteiger partial charge in [-0.1, -0.05) is 12.1 Å². The van der Waals surface area contributed by atoms with E-state index in [-0.39, 0.29) is 24.0 Å². The second-order valence-corrected chi connectivity index (χ2v) is 5.28. The Morgan fingerprint density at radius 2 is 1.96 bits per heavy atom. The minimum Gasteiger partial charge on any atom is -0.496 e. The van der Waals surface area contributed by atoms with Gasteiger partial charge in [0, 0.05) is 45.1 Å². The molecule has 126 valence electrons. The highest BCUT2D eigenvalue weighted by atomic mass is 127. The van der Waals surface area contributed by atoms with Crippen LogP contribution in [0.25, 0.3) is 0 Å². The topological polar surface area (TPSA) is 50.6 Å². The largest absolute Gasteiger partial charge is 0.496 e. The molecular formula is C17H25IN4O. The van der Waals surface area contributed by atoms with E-state index in [2.05, 4.69) is 46.9 Å². The van der Waals surface area contributed by atoms with Crippen molar-refractivity contribution in [2.45, 2.75) is 20.0 Å². The molecule has 0 aliphatic rings. The molecule has 0 saturated carbocycles. The van der Waals surface area contributed by atoms with E-state index in [0.29, 0.717) is 6.54 Å². The lowest BCUT2D eigenvalue weighted by molar-refractivity contribution is 0.408. The number of methoxy groups -OCH3 is 1. The van der Waals surface area contributed by atoms with Gasteiger partial charge in [0.1, 0.15) is 5.75 Å². The average molecular weight is 428 g/mol. The molecule has 0 aliphatic heterocycles. The Morgan fingerprint density at radius 3 is 2.57 bits per heavy atom. The quantitative estimate of drug-likeness (QED) is 0.438. The van der Waals surface area contributed by atoms with E-state index in [4.69, 9.17) is 4.74 Å². The van der Waals surface area contributed by atoms with E-state index in [0.717, 1.165) is 23.8 Å². The fourth-order valence-corrected chi connectivity index (χ4v) is 2.25. The van der Waals surface area contributed by atoms with E-state index in [1.807, 2.05) is 23.9 Å². The van der Waals surface area contributed by atoms with Crippen LogP contribution in [0, 0.1) is 6.92 Å². The van der Waals surface area contributed by atoms with Gasteiger partial charge in [-0.25, -0.2) is 0 Å². The van der Waals surface area contributed by atoms with Gasteiger partial charge in [0.15, 0.2) is 5.96 Å². The molecule has 2 rings (SSSR count). The van der Waals surface area contributed by atoms with Crippen molar-refractivity contribution in [2.24, 2.45) is 12.0 Å². The Kier molecular flexibility index (Phi) is 7.94. The lowest BCUT2D eigenvalue weighted by atomic mass is 10.1. The van der Waals surface area contributed by atoms with Crippen LogP contribution in [0.4, 0.5) is 0 Å². The molecular weight excluding hydrogens is 403 g/mol. The second-order valence-electron chi connectivity index (χ2n) is 5.28. The van der Waals surface area contributed by atoms with Gasteiger partial charge in [-0.3, -0.25) is 4.99 Å². The number of hydrogen-bond donors (Lipinski definition) is 2. The summed E-state index contributed by atoms with van der Waals surface area (Å²) in [5, 5.41) is 6.61. The Bertz CT molecular complexity index is 652. The standard InChI is InChI=1S/C17H24N4O.HI/c1-13-5-6-15(16(9-13)22-4)11-20-17(18-2)19-10-14-7-8-21(3)12-14;/h5-9,12H,10-11H2,1-4H3,(H2,18,19,20);1H. The molecule has 0 fully saturated rings. The average Bonchev–Trinajstić information content (AvgIpc) is 2.94. The number of aryl methyl sites for hydroxylation is 2. The smallest absolute Gasteiger partial charge is 0.191 e. The summed E-state index contributed by atoms with van der Waals surface area (Å²) in [6.07, 6.45) is 4.12. The van der Waals surface area contributed by atoms with Crippen molar-refractivity contribution in [2.75, 3.05) is 14.2 Å². The van der Waals surface area contributed by atoms with Crippen LogP contribution in [0.1, 0.15) is 16.7 Å². The number of halogens is 1. The number of ether oxygens (including phenoxy) is 1. The van der Waals surface area contributed by atoms with Gasteiger partial charge in [-0.2, -0.15) is 0 Å². The minimum atomic E-state index is 0. The highest BCUT2D eigenvalue weighted by molar-refractivity contribution is 14.0. The van der Waals surface area contributed by atoms with Gasteiger partial charge in [-0.05, 0) is 30.2 Å². The fraction of sp³-hybridized carbons (Fsp3) is 0.353. The summed E-state index contributed by atoms with van der Waals surface area (Å²) in [5.41, 5.74) is 3.52. The first-order valence-electron chi connectivity index (χ1n) is 7.31. The van der Waals surface area contributed by atoms with E-state index < -0.39 is 0 Å². The molecule has 0 atom stereocenters. The van der Waals surface area contributed by atoms with Crippen LogP contribution in [0.15, 0.2) is 41.7 Å². The van der Waals surface area contributed by atoms with Crippen LogP contribution in [-0.2, 0) is 20.1 Å². The van der Waals surface area contributed by atoms with Crippen LogP contribution in [0.5, 0.6) is 5.75 Å². The Morgan fingerprint density at radius 1 is 1.22 bits per heavy atom. The zero-order chi connectivity index (χ0) is 15.9. The van der Waals surface area contributed by atoms with Crippen LogP contribution in [-0.4, -0.2) is 24.7 Å². The normalized spacial score (nSPS) is 10.9. The van der Waals surface area contributed by atoms with Gasteiger partial charge in [0.2, 0.25) is 0 Å². The summed E-state index contributed by atoms with van der Waals surface area (Å²) in [6.45, 7) is 3.46. The zero-order valence-corrected chi connectivity index (χ0v) is 16.4. The molecule has 1 heterocycles. The number of aromatic nitrogens is 1. The van der Waals surface area contributed by atoms with Crippen molar-refractivity contribution in [1.29, 1.82) is 0 Å². The van der Waals surface area contributed by atoms with Crippen molar-refractivity contribution in [3.8, 4) is 5.75 Å². The molecule has 0 radical (unpaired) electrons. The lowest BCUT2D eigenvalue weighted by Gasteiger charge is -2.14. The Labute approximate surface area is 155 Å². The highest BCUT2D eigenvalue weighted by Crippen LogP contribution is 2.19. The van der Waals surface area contributed by atoms with Gasteiger partial charge >= 0.3 is 0 Å². The first-order chi connectivity index (χ1) is 10.6. The lowest BCUT2D eigenvalue weighted by Crippen LogP contribution is -2.36. The molecule has 0 amide bonds. The predicted octanol–water partition coefficient (Wildman–Crippen LogP) is 2.83. The van der Waals surface area contributed by atoms with Crippen molar-refractivity contribution < 1.29 is 4.74 Å². The number of aliphatic imine (C=N–C) groups is 1. The number of guanidine groups is 1. The van der Waals surface area contributed by atoms with Crippen LogP contribution < -0.4 is 15.4 Å². The molecule has 5 nitrogen and oxygen atoms in total. The van der Waals surface area contributed by atoms with Crippen molar-refractivity contribution in [3.63, 3.8) is 0 Å². The summed E-state index contributed by atoms with van der Waals surface area (Å²) in [6, 6.07) is 8.28. The van der Waals surface area contributed by atoms with Gasteiger partial charge in [0.05, 0.1) is 7.11 Å². The van der Waals surface area contributed by atoms with Gasteiger partial charge in [0.25, 0.3) is 0 Å². The zero-order valence-electron chi connectivity index (χ0n) is 14.1. The minimum absolute atomic E-state index is 0. The Balaban J connectivity index is 0.00000264. The Hall–Kier alpha value is -1.70. The summed E-state index contributed by atoms with van der Waals surface area (Å²) >= 11 is 0. The third-order valence-electron chi connectivity index (χ3n) is 3.47. The van der Waals surface area contributed by atoms with E-state index in [9.17, 15) is 0 Å². The first-order valence-corrected chi connectivity index (χ1v) is 7.31. The van der Waals surface area contributed by atoms with Crippen molar-refractivity contribution in [1.82, 2.24) is 15.2 Å². The maximum atomic E-state index is 5.42. The molecule has 6 heteroatoms. The summed E-state index contributed by atoms with van der Waals surface area (Å²) < 4.78 is 7.45. The second kappa shape index (κ2) is 9.44.